The number of nitrogens with zero attached hydrogens (tertiary/aromatic N) is 2. The number of methoxy groups -OCH3 is 1. The largest absolute Gasteiger partial charge is 0.494 e. The van der Waals surface area contributed by atoms with Gasteiger partial charge in [-0.3, -0.25) is 4.79 Å². The first-order valence-electron chi connectivity index (χ1n) is 10.6. The fraction of sp³-hybridized carbons (Fsp3) is 0.417. The minimum absolute atomic E-state index is 0.0361. The molecule has 0 bridgehead atoms. The smallest absolute Gasteiger partial charge is 0.237 e. The number of benzene rings is 2. The van der Waals surface area contributed by atoms with Gasteiger partial charge in [0.1, 0.15) is 5.75 Å². The maximum Gasteiger partial charge on any atom is 0.237 e. The molecule has 0 aliphatic carbocycles. The summed E-state index contributed by atoms with van der Waals surface area (Å²) in [5, 5.41) is 0.719. The lowest BCUT2D eigenvalue weighted by Gasteiger charge is -2.32. The second-order valence-electron chi connectivity index (χ2n) is 7.45. The first-order valence-corrected chi connectivity index (χ1v) is 11.6. The molecule has 0 saturated heterocycles. The number of aromatic nitrogens is 2. The first kappa shape index (κ1) is 23.2. The predicted octanol–water partition coefficient (Wildman–Crippen LogP) is 4.99. The van der Waals surface area contributed by atoms with Crippen LogP contribution in [0.1, 0.15) is 31.9 Å². The van der Waals surface area contributed by atoms with Gasteiger partial charge in [-0.05, 0) is 50.5 Å². The molecule has 1 N–H and O–H groups in total. The Bertz CT molecular complexity index is 1030. The molecule has 2 aromatic carbocycles. The zero-order chi connectivity index (χ0) is 22.4. The molecule has 3 rings (SSSR count). The number of H-pyrrole nitrogens is 1. The quantitative estimate of drug-likeness (QED) is 0.449. The lowest BCUT2D eigenvalue weighted by molar-refractivity contribution is -0.116. The second-order valence-corrected chi connectivity index (χ2v) is 8.41. The number of aromatic amines is 1. The van der Waals surface area contributed by atoms with Crippen molar-refractivity contribution in [2.24, 2.45) is 0 Å². The van der Waals surface area contributed by atoms with E-state index < -0.39 is 0 Å². The molecule has 0 radical (unpaired) electrons. The highest BCUT2D eigenvalue weighted by atomic mass is 32.2. The summed E-state index contributed by atoms with van der Waals surface area (Å²) in [5.41, 5.74) is 5.00. The van der Waals surface area contributed by atoms with Crippen molar-refractivity contribution < 1.29 is 14.3 Å². The van der Waals surface area contributed by atoms with Crippen LogP contribution in [0.25, 0.3) is 11.0 Å². The molecule has 1 amide bonds. The van der Waals surface area contributed by atoms with Crippen molar-refractivity contribution in [1.82, 2.24) is 9.97 Å². The van der Waals surface area contributed by atoms with Gasteiger partial charge in [0.15, 0.2) is 5.16 Å². The number of hydrogen-bond acceptors (Lipinski definition) is 5. The highest BCUT2D eigenvalue weighted by Crippen LogP contribution is 2.30. The molecular formula is C24H31N3O3S. The van der Waals surface area contributed by atoms with Crippen LogP contribution in [0.15, 0.2) is 41.6 Å². The lowest BCUT2D eigenvalue weighted by atomic mass is 10.0. The average Bonchev–Trinajstić information content (AvgIpc) is 3.16. The van der Waals surface area contributed by atoms with Crippen molar-refractivity contribution in [2.75, 3.05) is 31.0 Å². The van der Waals surface area contributed by atoms with E-state index in [0.29, 0.717) is 13.2 Å². The van der Waals surface area contributed by atoms with Gasteiger partial charge >= 0.3 is 0 Å². The van der Waals surface area contributed by atoms with Crippen molar-refractivity contribution >= 4 is 34.4 Å². The SMILES string of the molecule is CCOc1ccc2nc(SCC(=O)N(c3c(C)cccc3CC)[C@@H](C)COC)[nH]c2c1. The molecule has 0 spiro atoms. The Labute approximate surface area is 188 Å². The Morgan fingerprint density at radius 3 is 2.77 bits per heavy atom. The van der Waals surface area contributed by atoms with Crippen LogP contribution in [0.3, 0.4) is 0 Å². The summed E-state index contributed by atoms with van der Waals surface area (Å²) in [5.74, 6) is 1.12. The summed E-state index contributed by atoms with van der Waals surface area (Å²) in [7, 11) is 1.66. The van der Waals surface area contributed by atoms with Gasteiger partial charge < -0.3 is 19.4 Å². The number of carbonyl (C=O) groups excluding carboxylic acids is 1. The predicted molar refractivity (Wildman–Crippen MR) is 127 cm³/mol. The van der Waals surface area contributed by atoms with Crippen molar-refractivity contribution in [3.63, 3.8) is 0 Å². The maximum atomic E-state index is 13.4. The van der Waals surface area contributed by atoms with Crippen LogP contribution in [0.5, 0.6) is 5.75 Å². The highest BCUT2D eigenvalue weighted by molar-refractivity contribution is 7.99. The standard InChI is InChI=1S/C24H31N3O3S/c1-6-18-10-8-9-16(3)23(18)27(17(4)14-29-5)22(28)15-31-24-25-20-12-11-19(30-7-2)13-21(20)26-24/h8-13,17H,6-7,14-15H2,1-5H3,(H,25,26)/t17-/m0/s1. The number of nitrogens with one attached hydrogen (secondary N) is 1. The fourth-order valence-corrected chi connectivity index (χ4v) is 4.49. The van der Waals surface area contributed by atoms with Gasteiger partial charge in [-0.25, -0.2) is 4.98 Å². The summed E-state index contributed by atoms with van der Waals surface area (Å²) >= 11 is 1.41. The van der Waals surface area contributed by atoms with E-state index in [2.05, 4.69) is 35.9 Å². The monoisotopic (exact) mass is 441 g/mol. The number of fused-ring (bicyclic) bond motifs is 1. The Morgan fingerprint density at radius 2 is 2.06 bits per heavy atom. The van der Waals surface area contributed by atoms with Crippen LogP contribution in [0.4, 0.5) is 5.69 Å². The molecule has 6 nitrogen and oxygen atoms in total. The Balaban J connectivity index is 1.82. The van der Waals surface area contributed by atoms with E-state index in [9.17, 15) is 4.79 Å². The average molecular weight is 442 g/mol. The van der Waals surface area contributed by atoms with Crippen molar-refractivity contribution in [1.29, 1.82) is 0 Å². The van der Waals surface area contributed by atoms with E-state index in [0.717, 1.165) is 45.2 Å². The lowest BCUT2D eigenvalue weighted by Crippen LogP contribution is -2.43. The fourth-order valence-electron chi connectivity index (χ4n) is 3.75. The van der Waals surface area contributed by atoms with Gasteiger partial charge in [-0.1, -0.05) is 36.9 Å². The van der Waals surface area contributed by atoms with Crippen LogP contribution in [-0.4, -0.2) is 48.0 Å². The molecule has 0 aliphatic heterocycles. The van der Waals surface area contributed by atoms with E-state index in [1.54, 1.807) is 7.11 Å². The van der Waals surface area contributed by atoms with Crippen LogP contribution in [0.2, 0.25) is 0 Å². The molecule has 166 valence electrons. The molecule has 0 unspecified atom stereocenters. The topological polar surface area (TPSA) is 67.4 Å². The molecule has 31 heavy (non-hydrogen) atoms. The van der Waals surface area contributed by atoms with Crippen molar-refractivity contribution in [3.8, 4) is 5.75 Å². The van der Waals surface area contributed by atoms with Gasteiger partial charge in [0.2, 0.25) is 5.91 Å². The van der Waals surface area contributed by atoms with Gasteiger partial charge in [-0.2, -0.15) is 0 Å². The minimum Gasteiger partial charge on any atom is -0.494 e. The van der Waals surface area contributed by atoms with E-state index in [1.807, 2.05) is 43.0 Å². The molecule has 0 saturated carbocycles. The number of rotatable bonds is 10. The van der Waals surface area contributed by atoms with E-state index in [4.69, 9.17) is 9.47 Å². The molecular weight excluding hydrogens is 410 g/mol. The van der Waals surface area contributed by atoms with Gasteiger partial charge in [0.25, 0.3) is 0 Å². The van der Waals surface area contributed by atoms with E-state index in [1.165, 1.54) is 11.8 Å². The summed E-state index contributed by atoms with van der Waals surface area (Å²) in [6.07, 6.45) is 0.860. The second kappa shape index (κ2) is 10.7. The van der Waals surface area contributed by atoms with E-state index >= 15 is 0 Å². The summed E-state index contributed by atoms with van der Waals surface area (Å²) in [4.78, 5) is 23.2. The third-order valence-electron chi connectivity index (χ3n) is 5.14. The van der Waals surface area contributed by atoms with Crippen molar-refractivity contribution in [2.45, 2.75) is 45.3 Å². The van der Waals surface area contributed by atoms with Crippen molar-refractivity contribution in [3.05, 3.63) is 47.5 Å². The third kappa shape index (κ3) is 5.40. The van der Waals surface area contributed by atoms with Gasteiger partial charge in [0.05, 0.1) is 41.7 Å². The number of hydrogen-bond donors (Lipinski definition) is 1. The number of imidazole rings is 1. The molecule has 0 aliphatic rings. The zero-order valence-electron chi connectivity index (χ0n) is 18.9. The Morgan fingerprint density at radius 1 is 1.26 bits per heavy atom. The molecule has 3 aromatic rings. The zero-order valence-corrected chi connectivity index (χ0v) is 19.7. The number of anilines is 1. The minimum atomic E-state index is -0.0751. The van der Waals surface area contributed by atoms with E-state index in [-0.39, 0.29) is 17.7 Å². The van der Waals surface area contributed by atoms with Crippen LogP contribution in [-0.2, 0) is 16.0 Å². The Kier molecular flexibility index (Phi) is 7.98. The summed E-state index contributed by atoms with van der Waals surface area (Å²) in [6, 6.07) is 11.9. The molecule has 0 fully saturated rings. The van der Waals surface area contributed by atoms with Crippen LogP contribution < -0.4 is 9.64 Å². The molecule has 1 atom stereocenters. The molecule has 1 heterocycles. The molecule has 1 aromatic heterocycles. The number of amides is 1. The molecule has 7 heteroatoms. The number of aryl methyl sites for hydroxylation is 2. The normalized spacial score (nSPS) is 12.2. The number of carbonyl (C=O) groups is 1. The van der Waals surface area contributed by atoms with Crippen LogP contribution >= 0.6 is 11.8 Å². The number of thioether (sulfide) groups is 1. The highest BCUT2D eigenvalue weighted by Gasteiger charge is 2.25. The van der Waals surface area contributed by atoms with Crippen LogP contribution in [0, 0.1) is 6.92 Å². The van der Waals surface area contributed by atoms with Gasteiger partial charge in [-0.15, -0.1) is 0 Å². The summed E-state index contributed by atoms with van der Waals surface area (Å²) in [6.45, 7) is 9.23. The number of para-hydroxylation sites is 1. The number of ether oxygens (including phenoxy) is 2. The van der Waals surface area contributed by atoms with Gasteiger partial charge in [0, 0.05) is 13.2 Å². The summed E-state index contributed by atoms with van der Waals surface area (Å²) < 4.78 is 10.9. The Hall–Kier alpha value is -2.51. The third-order valence-corrected chi connectivity index (χ3v) is 5.99. The first-order chi connectivity index (χ1) is 15.0. The maximum absolute atomic E-state index is 13.4.